The Hall–Kier alpha value is -1.92. The van der Waals surface area contributed by atoms with E-state index in [-0.39, 0.29) is 12.5 Å². The van der Waals surface area contributed by atoms with Gasteiger partial charge < -0.3 is 14.8 Å². The highest BCUT2D eigenvalue weighted by Crippen LogP contribution is 2.40. The van der Waals surface area contributed by atoms with Crippen molar-refractivity contribution in [3.8, 4) is 11.5 Å². The van der Waals surface area contributed by atoms with Crippen LogP contribution in [0.15, 0.2) is 12.1 Å². The summed E-state index contributed by atoms with van der Waals surface area (Å²) >= 11 is 0. The number of benzene rings is 1. The predicted octanol–water partition coefficient (Wildman–Crippen LogP) is 3.19. The summed E-state index contributed by atoms with van der Waals surface area (Å²) in [6.07, 6.45) is -1.63. The number of nitrogens with one attached hydrogen (secondary N) is 1. The Kier molecular flexibility index (Phi) is 5.38. The normalized spacial score (nSPS) is 17.3. The van der Waals surface area contributed by atoms with Crippen LogP contribution in [0.2, 0.25) is 0 Å². The molecule has 1 aliphatic carbocycles. The molecule has 1 aromatic carbocycles. The molecule has 1 aliphatic rings. The zero-order valence-electron chi connectivity index (χ0n) is 13.1. The summed E-state index contributed by atoms with van der Waals surface area (Å²) in [5.74, 6) is -0.525. The number of hydrogen-bond donors (Lipinski definition) is 1. The van der Waals surface area contributed by atoms with Gasteiger partial charge in [0.2, 0.25) is 0 Å². The van der Waals surface area contributed by atoms with Crippen molar-refractivity contribution in [3.63, 3.8) is 0 Å². The van der Waals surface area contributed by atoms with Gasteiger partial charge >= 0.3 is 12.1 Å². The molecule has 0 radical (unpaired) electrons. The first-order valence-electron chi connectivity index (χ1n) is 7.46. The van der Waals surface area contributed by atoms with Gasteiger partial charge in [0, 0.05) is 6.54 Å². The van der Waals surface area contributed by atoms with E-state index in [1.165, 1.54) is 0 Å². The molecule has 0 aromatic heterocycles. The summed E-state index contributed by atoms with van der Waals surface area (Å²) in [5, 5.41) is 1.93. The van der Waals surface area contributed by atoms with Crippen LogP contribution in [0.4, 0.5) is 13.2 Å². The molecule has 23 heavy (non-hydrogen) atoms. The van der Waals surface area contributed by atoms with E-state index in [0.717, 1.165) is 30.4 Å². The van der Waals surface area contributed by atoms with E-state index < -0.39 is 12.1 Å². The molecule has 4 nitrogen and oxygen atoms in total. The molecule has 0 spiro atoms. The molecule has 0 aliphatic heterocycles. The van der Waals surface area contributed by atoms with Crippen molar-refractivity contribution in [3.05, 3.63) is 23.3 Å². The van der Waals surface area contributed by atoms with Crippen LogP contribution in [-0.2, 0) is 11.2 Å². The molecule has 7 heteroatoms. The Balaban J connectivity index is 2.08. The molecule has 1 atom stereocenters. The van der Waals surface area contributed by atoms with Gasteiger partial charge in [-0.05, 0) is 54.9 Å². The van der Waals surface area contributed by atoms with Crippen molar-refractivity contribution in [2.24, 2.45) is 0 Å². The number of aryl methyl sites for hydroxylation is 1. The number of halogens is 3. The predicted molar refractivity (Wildman–Crippen MR) is 78.9 cm³/mol. The third kappa shape index (κ3) is 4.09. The van der Waals surface area contributed by atoms with Crippen molar-refractivity contribution in [2.45, 2.75) is 37.8 Å². The maximum Gasteiger partial charge on any atom is 0.471 e. The van der Waals surface area contributed by atoms with E-state index in [2.05, 4.69) is 0 Å². The molecule has 0 saturated carbocycles. The molecule has 1 N–H and O–H groups in total. The van der Waals surface area contributed by atoms with Crippen LogP contribution >= 0.6 is 0 Å². The maximum absolute atomic E-state index is 12.2. The minimum absolute atomic E-state index is 0.00318. The van der Waals surface area contributed by atoms with Crippen LogP contribution in [0.5, 0.6) is 11.5 Å². The number of fused-ring (bicyclic) bond motifs is 1. The first-order valence-corrected chi connectivity index (χ1v) is 7.46. The van der Waals surface area contributed by atoms with E-state index in [1.54, 1.807) is 14.2 Å². The van der Waals surface area contributed by atoms with Gasteiger partial charge in [-0.15, -0.1) is 0 Å². The number of hydrogen-bond acceptors (Lipinski definition) is 3. The summed E-state index contributed by atoms with van der Waals surface area (Å²) < 4.78 is 47.2. The van der Waals surface area contributed by atoms with E-state index in [9.17, 15) is 18.0 Å². The van der Waals surface area contributed by atoms with Crippen LogP contribution in [-0.4, -0.2) is 32.8 Å². The minimum Gasteiger partial charge on any atom is -0.493 e. The summed E-state index contributed by atoms with van der Waals surface area (Å²) in [5.41, 5.74) is 2.19. The lowest BCUT2D eigenvalue weighted by atomic mass is 9.81. The highest BCUT2D eigenvalue weighted by Gasteiger charge is 2.38. The average molecular weight is 331 g/mol. The lowest BCUT2D eigenvalue weighted by Gasteiger charge is -2.27. The summed E-state index contributed by atoms with van der Waals surface area (Å²) in [6, 6.07) is 3.82. The number of carbonyl (C=O) groups is 1. The van der Waals surface area contributed by atoms with Gasteiger partial charge in [-0.25, -0.2) is 0 Å². The molecule has 1 amide bonds. The molecule has 1 unspecified atom stereocenters. The van der Waals surface area contributed by atoms with Gasteiger partial charge in [-0.3, -0.25) is 4.79 Å². The smallest absolute Gasteiger partial charge is 0.471 e. The van der Waals surface area contributed by atoms with E-state index in [0.29, 0.717) is 17.9 Å². The quantitative estimate of drug-likeness (QED) is 0.901. The Morgan fingerprint density at radius 1 is 1.26 bits per heavy atom. The second kappa shape index (κ2) is 7.10. The zero-order valence-corrected chi connectivity index (χ0v) is 13.1. The van der Waals surface area contributed by atoms with Gasteiger partial charge in [-0.1, -0.05) is 0 Å². The standard InChI is InChI=1S/C16H20F3NO3/c1-22-13-8-11-5-3-4-10(12(11)9-14(13)23-2)6-7-20-15(21)16(17,18)19/h8-10H,3-7H2,1-2H3,(H,20,21). The van der Waals surface area contributed by atoms with Crippen LogP contribution in [0.3, 0.4) is 0 Å². The number of methoxy groups -OCH3 is 2. The Bertz CT molecular complexity index is 572. The molecule has 0 saturated heterocycles. The summed E-state index contributed by atoms with van der Waals surface area (Å²) in [7, 11) is 3.11. The molecular formula is C16H20F3NO3. The first-order chi connectivity index (χ1) is 10.9. The lowest BCUT2D eigenvalue weighted by Crippen LogP contribution is -2.37. The first kappa shape index (κ1) is 17.4. The molecule has 128 valence electrons. The van der Waals surface area contributed by atoms with E-state index in [4.69, 9.17) is 9.47 Å². The highest BCUT2D eigenvalue weighted by molar-refractivity contribution is 5.81. The lowest BCUT2D eigenvalue weighted by molar-refractivity contribution is -0.173. The Morgan fingerprint density at radius 2 is 1.91 bits per heavy atom. The van der Waals surface area contributed by atoms with Crippen molar-refractivity contribution >= 4 is 5.91 Å². The SMILES string of the molecule is COc1cc2c(cc1OC)C(CCNC(=O)C(F)(F)F)CCC2. The van der Waals surface area contributed by atoms with E-state index >= 15 is 0 Å². The molecule has 1 aromatic rings. The van der Waals surface area contributed by atoms with Crippen molar-refractivity contribution in [2.75, 3.05) is 20.8 Å². The van der Waals surface area contributed by atoms with Crippen LogP contribution in [0.1, 0.15) is 36.3 Å². The fraction of sp³-hybridized carbons (Fsp3) is 0.562. The largest absolute Gasteiger partial charge is 0.493 e. The monoisotopic (exact) mass is 331 g/mol. The van der Waals surface area contributed by atoms with Gasteiger partial charge in [0.25, 0.3) is 0 Å². The third-order valence-corrected chi connectivity index (χ3v) is 4.12. The summed E-state index contributed by atoms with van der Waals surface area (Å²) in [6.45, 7) is -0.00318. The number of carbonyl (C=O) groups excluding carboxylic acids is 1. The van der Waals surface area contributed by atoms with Crippen LogP contribution in [0, 0.1) is 0 Å². The minimum atomic E-state index is -4.83. The number of rotatable bonds is 5. The average Bonchev–Trinajstić information content (AvgIpc) is 2.52. The van der Waals surface area contributed by atoms with Gasteiger partial charge in [0.15, 0.2) is 11.5 Å². The van der Waals surface area contributed by atoms with Gasteiger partial charge in [-0.2, -0.15) is 13.2 Å². The molecule has 2 rings (SSSR count). The summed E-state index contributed by atoms with van der Waals surface area (Å²) in [4.78, 5) is 10.9. The fourth-order valence-electron chi connectivity index (χ4n) is 2.99. The van der Waals surface area contributed by atoms with Crippen LogP contribution in [0.25, 0.3) is 0 Å². The molecular weight excluding hydrogens is 311 g/mol. The number of alkyl halides is 3. The van der Waals surface area contributed by atoms with E-state index in [1.807, 2.05) is 17.4 Å². The fourth-order valence-corrected chi connectivity index (χ4v) is 2.99. The van der Waals surface area contributed by atoms with Crippen molar-refractivity contribution < 1.29 is 27.4 Å². The highest BCUT2D eigenvalue weighted by atomic mass is 19.4. The second-order valence-corrected chi connectivity index (χ2v) is 5.54. The Labute approximate surface area is 133 Å². The van der Waals surface area contributed by atoms with Crippen molar-refractivity contribution in [1.29, 1.82) is 0 Å². The second-order valence-electron chi connectivity index (χ2n) is 5.54. The zero-order chi connectivity index (χ0) is 17.0. The van der Waals surface area contributed by atoms with Gasteiger partial charge in [0.1, 0.15) is 0 Å². The topological polar surface area (TPSA) is 47.6 Å². The molecule has 0 heterocycles. The van der Waals surface area contributed by atoms with Crippen molar-refractivity contribution in [1.82, 2.24) is 5.32 Å². The van der Waals surface area contributed by atoms with Gasteiger partial charge in [0.05, 0.1) is 14.2 Å². The number of ether oxygens (including phenoxy) is 2. The number of amides is 1. The maximum atomic E-state index is 12.2. The molecule has 0 fully saturated rings. The Morgan fingerprint density at radius 3 is 2.52 bits per heavy atom. The molecule has 0 bridgehead atoms. The third-order valence-electron chi connectivity index (χ3n) is 4.12. The van der Waals surface area contributed by atoms with Crippen LogP contribution < -0.4 is 14.8 Å².